The van der Waals surface area contributed by atoms with Crippen molar-refractivity contribution in [3.63, 3.8) is 0 Å². The highest BCUT2D eigenvalue weighted by molar-refractivity contribution is 5.89. The normalized spacial score (nSPS) is 11.2. The van der Waals surface area contributed by atoms with E-state index >= 15 is 0 Å². The average molecular weight is 248 g/mol. The molecule has 3 rings (SSSR count). The molecule has 0 aliphatic rings. The maximum Gasteiger partial charge on any atom is 0.217 e. The Bertz CT molecular complexity index is 736. The standard InChI is InChI=1S/C16H12N2O/c19-18-12-14(11-10-13-6-2-1-3-7-13)15-8-4-5-9-16(15)17-18/h1-12H/b11-10+. The molecule has 0 saturated heterocycles. The van der Waals surface area contributed by atoms with Crippen molar-refractivity contribution in [2.75, 3.05) is 0 Å². The predicted molar refractivity (Wildman–Crippen MR) is 76.1 cm³/mol. The number of hydrogen-bond donors (Lipinski definition) is 0. The molecule has 3 aromatic rings. The molecular formula is C16H12N2O. The second-order valence-electron chi connectivity index (χ2n) is 4.25. The number of nitrogens with zero attached hydrogens (tertiary/aromatic N) is 2. The van der Waals surface area contributed by atoms with Gasteiger partial charge in [0.1, 0.15) is 5.52 Å². The molecular weight excluding hydrogens is 236 g/mol. The Balaban J connectivity index is 2.08. The molecule has 0 aliphatic carbocycles. The van der Waals surface area contributed by atoms with Crippen LogP contribution in [0.3, 0.4) is 0 Å². The molecule has 3 heteroatoms. The monoisotopic (exact) mass is 248 g/mol. The number of fused-ring (bicyclic) bond motifs is 1. The summed E-state index contributed by atoms with van der Waals surface area (Å²) in [6, 6.07) is 17.6. The summed E-state index contributed by atoms with van der Waals surface area (Å²) in [6.45, 7) is 0. The molecule has 2 aromatic carbocycles. The Morgan fingerprint density at radius 1 is 0.895 bits per heavy atom. The van der Waals surface area contributed by atoms with Gasteiger partial charge in [0.05, 0.1) is 5.56 Å². The van der Waals surface area contributed by atoms with Crippen molar-refractivity contribution in [2.24, 2.45) is 0 Å². The molecule has 3 nitrogen and oxygen atoms in total. The first-order chi connectivity index (χ1) is 9.33. The van der Waals surface area contributed by atoms with Crippen molar-refractivity contribution >= 4 is 23.1 Å². The molecule has 1 aromatic heterocycles. The highest BCUT2D eigenvalue weighted by atomic mass is 16.5. The largest absolute Gasteiger partial charge is 0.594 e. The molecule has 0 aliphatic heterocycles. The lowest BCUT2D eigenvalue weighted by atomic mass is 10.1. The fourth-order valence-corrected chi connectivity index (χ4v) is 2.01. The van der Waals surface area contributed by atoms with Crippen LogP contribution in [0.2, 0.25) is 0 Å². The van der Waals surface area contributed by atoms with Gasteiger partial charge in [0, 0.05) is 10.5 Å². The summed E-state index contributed by atoms with van der Waals surface area (Å²) in [5.74, 6) is 0. The van der Waals surface area contributed by atoms with Crippen LogP contribution in [-0.4, -0.2) is 5.10 Å². The highest BCUT2D eigenvalue weighted by Crippen LogP contribution is 2.17. The molecule has 0 N–H and O–H groups in total. The molecule has 0 spiro atoms. The van der Waals surface area contributed by atoms with E-state index in [1.165, 1.54) is 6.20 Å². The van der Waals surface area contributed by atoms with E-state index in [1.807, 2.05) is 66.7 Å². The van der Waals surface area contributed by atoms with Crippen molar-refractivity contribution in [3.8, 4) is 0 Å². The molecule has 0 unspecified atom stereocenters. The van der Waals surface area contributed by atoms with E-state index in [-0.39, 0.29) is 0 Å². The van der Waals surface area contributed by atoms with Crippen LogP contribution in [0.5, 0.6) is 0 Å². The van der Waals surface area contributed by atoms with Crippen LogP contribution in [0.1, 0.15) is 11.1 Å². The van der Waals surface area contributed by atoms with Gasteiger partial charge < -0.3 is 5.21 Å². The van der Waals surface area contributed by atoms with E-state index in [4.69, 9.17) is 0 Å². The first-order valence-corrected chi connectivity index (χ1v) is 6.05. The zero-order valence-corrected chi connectivity index (χ0v) is 10.2. The minimum atomic E-state index is 0.604. The number of hydrogen-bond acceptors (Lipinski definition) is 2. The fourth-order valence-electron chi connectivity index (χ4n) is 2.01. The molecule has 1 heterocycles. The molecule has 0 radical (unpaired) electrons. The Labute approximate surface area is 111 Å². The van der Waals surface area contributed by atoms with Gasteiger partial charge in [-0.25, -0.2) is 0 Å². The maximum absolute atomic E-state index is 11.5. The van der Waals surface area contributed by atoms with Crippen LogP contribution in [0.25, 0.3) is 23.1 Å². The lowest BCUT2D eigenvalue weighted by Crippen LogP contribution is -2.30. The van der Waals surface area contributed by atoms with E-state index in [2.05, 4.69) is 5.10 Å². The first kappa shape index (κ1) is 11.4. The molecule has 0 saturated carbocycles. The fraction of sp³-hybridized carbons (Fsp3) is 0. The van der Waals surface area contributed by atoms with Gasteiger partial charge in [0.15, 0.2) is 0 Å². The van der Waals surface area contributed by atoms with E-state index in [0.29, 0.717) is 10.4 Å². The van der Waals surface area contributed by atoms with Crippen LogP contribution in [0.15, 0.2) is 60.8 Å². The highest BCUT2D eigenvalue weighted by Gasteiger charge is 2.05. The van der Waals surface area contributed by atoms with Crippen molar-refractivity contribution in [2.45, 2.75) is 0 Å². The number of aromatic nitrogens is 2. The Kier molecular flexibility index (Phi) is 2.94. The summed E-state index contributed by atoms with van der Waals surface area (Å²) in [4.78, 5) is 0.604. The topological polar surface area (TPSA) is 39.8 Å². The van der Waals surface area contributed by atoms with Crippen LogP contribution >= 0.6 is 0 Å². The summed E-state index contributed by atoms with van der Waals surface area (Å²) in [6.07, 6.45) is 5.41. The second-order valence-corrected chi connectivity index (χ2v) is 4.25. The van der Waals surface area contributed by atoms with Crippen LogP contribution < -0.4 is 4.85 Å². The average Bonchev–Trinajstić information content (AvgIpc) is 2.45. The zero-order valence-electron chi connectivity index (χ0n) is 10.2. The quantitative estimate of drug-likeness (QED) is 0.516. The molecule has 0 bridgehead atoms. The Morgan fingerprint density at radius 2 is 1.63 bits per heavy atom. The van der Waals surface area contributed by atoms with Gasteiger partial charge in [0.2, 0.25) is 6.20 Å². The van der Waals surface area contributed by atoms with Gasteiger partial charge >= 0.3 is 0 Å². The summed E-state index contributed by atoms with van der Waals surface area (Å²) < 4.78 is 0. The third-order valence-corrected chi connectivity index (χ3v) is 2.93. The molecule has 92 valence electrons. The van der Waals surface area contributed by atoms with Gasteiger partial charge in [-0.2, -0.15) is 0 Å². The van der Waals surface area contributed by atoms with E-state index in [0.717, 1.165) is 16.5 Å². The molecule has 0 fully saturated rings. The van der Waals surface area contributed by atoms with Gasteiger partial charge in [-0.05, 0) is 17.7 Å². The van der Waals surface area contributed by atoms with Crippen LogP contribution in [0.4, 0.5) is 0 Å². The Morgan fingerprint density at radius 3 is 2.47 bits per heavy atom. The summed E-state index contributed by atoms with van der Waals surface area (Å²) in [5.41, 5.74) is 2.66. The lowest BCUT2D eigenvalue weighted by Gasteiger charge is -2.00. The van der Waals surface area contributed by atoms with Gasteiger partial charge in [-0.15, -0.1) is 0 Å². The van der Waals surface area contributed by atoms with Crippen LogP contribution in [-0.2, 0) is 0 Å². The molecule has 0 amide bonds. The van der Waals surface area contributed by atoms with Gasteiger partial charge in [-0.3, -0.25) is 0 Å². The third-order valence-electron chi connectivity index (χ3n) is 2.93. The maximum atomic E-state index is 11.5. The van der Waals surface area contributed by atoms with Crippen molar-refractivity contribution in [1.82, 2.24) is 5.10 Å². The van der Waals surface area contributed by atoms with Crippen LogP contribution in [0, 0.1) is 5.21 Å². The van der Waals surface area contributed by atoms with Crippen molar-refractivity contribution in [3.05, 3.63) is 77.1 Å². The molecule has 19 heavy (non-hydrogen) atoms. The second kappa shape index (κ2) is 4.90. The smallest absolute Gasteiger partial charge is 0.217 e. The van der Waals surface area contributed by atoms with E-state index in [1.54, 1.807) is 0 Å². The van der Waals surface area contributed by atoms with E-state index < -0.39 is 0 Å². The summed E-state index contributed by atoms with van der Waals surface area (Å²) in [5, 5.41) is 16.4. The van der Waals surface area contributed by atoms with Crippen molar-refractivity contribution in [1.29, 1.82) is 0 Å². The van der Waals surface area contributed by atoms with Crippen molar-refractivity contribution < 1.29 is 4.85 Å². The minimum absolute atomic E-state index is 0.604. The zero-order chi connectivity index (χ0) is 13.1. The van der Waals surface area contributed by atoms with E-state index in [9.17, 15) is 5.21 Å². The minimum Gasteiger partial charge on any atom is -0.594 e. The number of benzene rings is 2. The number of rotatable bonds is 2. The first-order valence-electron chi connectivity index (χ1n) is 6.05. The summed E-state index contributed by atoms with van der Waals surface area (Å²) >= 11 is 0. The summed E-state index contributed by atoms with van der Waals surface area (Å²) in [7, 11) is 0. The Hall–Kier alpha value is -2.68. The van der Waals surface area contributed by atoms with Gasteiger partial charge in [0.25, 0.3) is 0 Å². The SMILES string of the molecule is [O-][n+]1cc(/C=C/c2ccccc2)c2ccccc2n1. The third kappa shape index (κ3) is 2.45. The lowest BCUT2D eigenvalue weighted by molar-refractivity contribution is -0.666. The molecule has 0 atom stereocenters. The predicted octanol–water partition coefficient (Wildman–Crippen LogP) is 3.04. The van der Waals surface area contributed by atoms with Gasteiger partial charge in [-0.1, -0.05) is 59.5 Å².